The van der Waals surface area contributed by atoms with Crippen LogP contribution >= 0.6 is 0 Å². The zero-order chi connectivity index (χ0) is 12.8. The van der Waals surface area contributed by atoms with Crippen LogP contribution in [0.3, 0.4) is 0 Å². The van der Waals surface area contributed by atoms with E-state index in [9.17, 15) is 8.78 Å². The molecule has 96 valence electrons. The Morgan fingerprint density at radius 1 is 1.24 bits per heavy atom. The minimum atomic E-state index is -0.638. The second-order valence-electron chi connectivity index (χ2n) is 4.19. The van der Waals surface area contributed by atoms with Crippen molar-refractivity contribution in [3.05, 3.63) is 29.3 Å². The fraction of sp³-hybridized carbons (Fsp3) is 0.538. The molecule has 0 N–H and O–H groups in total. The van der Waals surface area contributed by atoms with E-state index in [1.807, 2.05) is 19.0 Å². The van der Waals surface area contributed by atoms with E-state index < -0.39 is 11.6 Å². The first-order valence-corrected chi connectivity index (χ1v) is 5.80. The Balaban J connectivity index is 2.76. The maximum Gasteiger partial charge on any atom is 0.190 e. The van der Waals surface area contributed by atoms with Gasteiger partial charge in [0.25, 0.3) is 0 Å². The van der Waals surface area contributed by atoms with Gasteiger partial charge in [0.2, 0.25) is 0 Å². The first kappa shape index (κ1) is 13.9. The van der Waals surface area contributed by atoms with Crippen molar-refractivity contribution in [3.8, 4) is 5.75 Å². The van der Waals surface area contributed by atoms with Crippen LogP contribution in [0.25, 0.3) is 0 Å². The summed E-state index contributed by atoms with van der Waals surface area (Å²) in [5.74, 6) is -1.46. The maximum absolute atomic E-state index is 13.9. The predicted octanol–water partition coefficient (Wildman–Crippen LogP) is 2.86. The lowest BCUT2D eigenvalue weighted by Crippen LogP contribution is -2.14. The largest absolute Gasteiger partial charge is 0.488 e. The van der Waals surface area contributed by atoms with Crippen molar-refractivity contribution in [2.75, 3.05) is 27.2 Å². The number of halogens is 2. The van der Waals surface area contributed by atoms with E-state index in [1.165, 1.54) is 12.1 Å². The standard InChI is InChI=1S/C13H19F2NO/c1-4-17-13-11(14)8-7-10(12(13)15)6-5-9-16(2)3/h7-8H,4-6,9H2,1-3H3. The molecule has 0 aliphatic heterocycles. The second-order valence-corrected chi connectivity index (χ2v) is 4.19. The Morgan fingerprint density at radius 3 is 2.53 bits per heavy atom. The van der Waals surface area contributed by atoms with Gasteiger partial charge in [-0.2, -0.15) is 0 Å². The second kappa shape index (κ2) is 6.55. The molecular weight excluding hydrogens is 224 g/mol. The lowest BCUT2D eigenvalue weighted by molar-refractivity contribution is 0.301. The molecule has 0 heterocycles. The molecule has 0 aliphatic carbocycles. The minimum Gasteiger partial charge on any atom is -0.488 e. The summed E-state index contributed by atoms with van der Waals surface area (Å²) in [5, 5.41) is 0. The number of nitrogens with zero attached hydrogens (tertiary/aromatic N) is 1. The molecule has 1 aromatic rings. The van der Waals surface area contributed by atoms with Crippen molar-refractivity contribution in [1.82, 2.24) is 4.90 Å². The number of hydrogen-bond donors (Lipinski definition) is 0. The summed E-state index contributed by atoms with van der Waals surface area (Å²) in [6, 6.07) is 2.75. The summed E-state index contributed by atoms with van der Waals surface area (Å²) in [6.07, 6.45) is 1.42. The summed E-state index contributed by atoms with van der Waals surface area (Å²) >= 11 is 0. The quantitative estimate of drug-likeness (QED) is 0.761. The molecule has 1 aromatic carbocycles. The average Bonchev–Trinajstić information content (AvgIpc) is 2.27. The van der Waals surface area contributed by atoms with Crippen LogP contribution in [0.4, 0.5) is 8.78 Å². The molecule has 0 amide bonds. The summed E-state index contributed by atoms with van der Waals surface area (Å²) in [5.41, 5.74) is 0.511. The number of aryl methyl sites for hydroxylation is 1. The van der Waals surface area contributed by atoms with Crippen LogP contribution in [0.1, 0.15) is 18.9 Å². The lowest BCUT2D eigenvalue weighted by Gasteiger charge is -2.12. The summed E-state index contributed by atoms with van der Waals surface area (Å²) in [7, 11) is 3.93. The molecule has 0 aromatic heterocycles. The first-order valence-electron chi connectivity index (χ1n) is 5.80. The SMILES string of the molecule is CCOc1c(F)ccc(CCCN(C)C)c1F. The highest BCUT2D eigenvalue weighted by Gasteiger charge is 2.14. The van der Waals surface area contributed by atoms with Gasteiger partial charge in [-0.25, -0.2) is 8.78 Å². The van der Waals surface area contributed by atoms with Crippen molar-refractivity contribution >= 4 is 0 Å². The molecule has 0 fully saturated rings. The third kappa shape index (κ3) is 3.97. The van der Waals surface area contributed by atoms with Gasteiger partial charge in [0.05, 0.1) is 6.61 Å². The normalized spacial score (nSPS) is 10.9. The van der Waals surface area contributed by atoms with Crippen LogP contribution in [-0.4, -0.2) is 32.1 Å². The molecule has 0 saturated carbocycles. The van der Waals surface area contributed by atoms with Crippen molar-refractivity contribution < 1.29 is 13.5 Å². The van der Waals surface area contributed by atoms with Crippen molar-refractivity contribution in [2.45, 2.75) is 19.8 Å². The number of rotatable bonds is 6. The molecule has 4 heteroatoms. The van der Waals surface area contributed by atoms with E-state index in [2.05, 4.69) is 0 Å². The van der Waals surface area contributed by atoms with E-state index in [0.29, 0.717) is 12.0 Å². The lowest BCUT2D eigenvalue weighted by atomic mass is 10.1. The molecule has 0 radical (unpaired) electrons. The molecule has 2 nitrogen and oxygen atoms in total. The van der Waals surface area contributed by atoms with Gasteiger partial charge in [0.15, 0.2) is 17.4 Å². The molecule has 0 bridgehead atoms. The Bertz CT molecular complexity index is 367. The highest BCUT2D eigenvalue weighted by atomic mass is 19.1. The van der Waals surface area contributed by atoms with Gasteiger partial charge in [-0.05, 0) is 52.0 Å². The third-order valence-electron chi connectivity index (χ3n) is 2.47. The van der Waals surface area contributed by atoms with Crippen LogP contribution < -0.4 is 4.74 Å². The van der Waals surface area contributed by atoms with E-state index >= 15 is 0 Å². The van der Waals surface area contributed by atoms with Crippen molar-refractivity contribution in [2.24, 2.45) is 0 Å². The zero-order valence-corrected chi connectivity index (χ0v) is 10.6. The summed E-state index contributed by atoms with van der Waals surface area (Å²) in [4.78, 5) is 2.03. The Kier molecular flexibility index (Phi) is 5.35. The van der Waals surface area contributed by atoms with Gasteiger partial charge in [-0.1, -0.05) is 6.07 Å². The Labute approximate surface area is 101 Å². The minimum absolute atomic E-state index is 0.255. The van der Waals surface area contributed by atoms with Crippen LogP contribution in [0.5, 0.6) is 5.75 Å². The third-order valence-corrected chi connectivity index (χ3v) is 2.47. The Hall–Kier alpha value is -1.16. The number of hydrogen-bond acceptors (Lipinski definition) is 2. The Morgan fingerprint density at radius 2 is 1.94 bits per heavy atom. The average molecular weight is 243 g/mol. The fourth-order valence-electron chi connectivity index (χ4n) is 1.63. The fourth-order valence-corrected chi connectivity index (χ4v) is 1.63. The van der Waals surface area contributed by atoms with Crippen LogP contribution in [0, 0.1) is 11.6 Å². The number of ether oxygens (including phenoxy) is 1. The van der Waals surface area contributed by atoms with Gasteiger partial charge in [-0.3, -0.25) is 0 Å². The van der Waals surface area contributed by atoms with Gasteiger partial charge in [-0.15, -0.1) is 0 Å². The maximum atomic E-state index is 13.9. The van der Waals surface area contributed by atoms with Gasteiger partial charge < -0.3 is 9.64 Å². The predicted molar refractivity (Wildman–Crippen MR) is 64.4 cm³/mol. The highest BCUT2D eigenvalue weighted by molar-refractivity contribution is 5.32. The van der Waals surface area contributed by atoms with Gasteiger partial charge in [0.1, 0.15) is 0 Å². The van der Waals surface area contributed by atoms with Crippen LogP contribution in [0.2, 0.25) is 0 Å². The first-order chi connectivity index (χ1) is 8.06. The zero-order valence-electron chi connectivity index (χ0n) is 10.6. The van der Waals surface area contributed by atoms with Crippen molar-refractivity contribution in [1.29, 1.82) is 0 Å². The van der Waals surface area contributed by atoms with Gasteiger partial charge >= 0.3 is 0 Å². The van der Waals surface area contributed by atoms with Crippen LogP contribution in [0.15, 0.2) is 12.1 Å². The van der Waals surface area contributed by atoms with E-state index in [1.54, 1.807) is 6.92 Å². The monoisotopic (exact) mass is 243 g/mol. The molecule has 1 rings (SSSR count). The van der Waals surface area contributed by atoms with Crippen LogP contribution in [-0.2, 0) is 6.42 Å². The summed E-state index contributed by atoms with van der Waals surface area (Å²) < 4.78 is 32.1. The molecular formula is C13H19F2NO. The smallest absolute Gasteiger partial charge is 0.190 e. The molecule has 0 aliphatic rings. The molecule has 0 unspecified atom stereocenters. The molecule has 17 heavy (non-hydrogen) atoms. The van der Waals surface area contributed by atoms with E-state index in [0.717, 1.165) is 13.0 Å². The molecule has 0 spiro atoms. The van der Waals surface area contributed by atoms with E-state index in [4.69, 9.17) is 4.74 Å². The number of benzene rings is 1. The van der Waals surface area contributed by atoms with Gasteiger partial charge in [0, 0.05) is 0 Å². The van der Waals surface area contributed by atoms with E-state index in [-0.39, 0.29) is 12.4 Å². The topological polar surface area (TPSA) is 12.5 Å². The highest BCUT2D eigenvalue weighted by Crippen LogP contribution is 2.25. The van der Waals surface area contributed by atoms with Crippen molar-refractivity contribution in [3.63, 3.8) is 0 Å². The molecule has 0 saturated heterocycles. The molecule has 0 atom stereocenters. The summed E-state index contributed by atoms with van der Waals surface area (Å²) in [6.45, 7) is 2.84.